The lowest BCUT2D eigenvalue weighted by molar-refractivity contribution is 0.112. The quantitative estimate of drug-likeness (QED) is 0.630. The predicted molar refractivity (Wildman–Crippen MR) is 71.9 cm³/mol. The van der Waals surface area contributed by atoms with E-state index in [-0.39, 0.29) is 0 Å². The fourth-order valence-corrected chi connectivity index (χ4v) is 1.70. The maximum Gasteiger partial charge on any atom is 0.145 e. The second-order valence-electron chi connectivity index (χ2n) is 3.52. The topological polar surface area (TPSA) is 31.4 Å². The van der Waals surface area contributed by atoms with Crippen LogP contribution in [0.15, 0.2) is 36.5 Å². The van der Waals surface area contributed by atoms with Gasteiger partial charge in [-0.3, -0.25) is 4.98 Å². The number of ether oxygens (including phenoxy) is 2. The molecule has 0 unspecified atom stereocenters. The lowest BCUT2D eigenvalue weighted by Gasteiger charge is -2.08. The van der Waals surface area contributed by atoms with Crippen LogP contribution >= 0.6 is 12.6 Å². The van der Waals surface area contributed by atoms with Crippen molar-refractivity contribution in [1.82, 2.24) is 4.98 Å². The second-order valence-corrected chi connectivity index (χ2v) is 3.96. The number of thiol groups is 1. The van der Waals surface area contributed by atoms with Crippen molar-refractivity contribution in [2.45, 2.75) is 0 Å². The zero-order chi connectivity index (χ0) is 11.9. The minimum Gasteiger partial charge on any atom is -0.489 e. The Morgan fingerprint density at radius 1 is 1.06 bits per heavy atom. The fraction of sp³-hybridized carbons (Fsp3) is 0.308. The summed E-state index contributed by atoms with van der Waals surface area (Å²) >= 11 is 4.07. The molecule has 0 saturated heterocycles. The third-order valence-electron chi connectivity index (χ3n) is 2.32. The maximum atomic E-state index is 5.65. The van der Waals surface area contributed by atoms with Gasteiger partial charge in [-0.2, -0.15) is 12.6 Å². The van der Waals surface area contributed by atoms with E-state index in [1.165, 1.54) is 0 Å². The predicted octanol–water partition coefficient (Wildman–Crippen LogP) is 2.56. The first kappa shape index (κ1) is 12.2. The summed E-state index contributed by atoms with van der Waals surface area (Å²) in [6.07, 6.45) is 1.77. The lowest BCUT2D eigenvalue weighted by atomic mass is 10.2. The van der Waals surface area contributed by atoms with Crippen LogP contribution in [0.1, 0.15) is 0 Å². The molecule has 0 saturated carbocycles. The molecule has 0 amide bonds. The molecule has 1 aromatic carbocycles. The van der Waals surface area contributed by atoms with Crippen molar-refractivity contribution >= 4 is 23.5 Å². The average Bonchev–Trinajstić information content (AvgIpc) is 2.39. The van der Waals surface area contributed by atoms with Gasteiger partial charge in [-0.25, -0.2) is 0 Å². The maximum absolute atomic E-state index is 5.65. The number of aromatic nitrogens is 1. The number of pyridine rings is 1. The van der Waals surface area contributed by atoms with Gasteiger partial charge in [0.15, 0.2) is 0 Å². The molecule has 0 N–H and O–H groups in total. The third kappa shape index (κ3) is 3.35. The van der Waals surface area contributed by atoms with Gasteiger partial charge in [0.05, 0.1) is 13.2 Å². The van der Waals surface area contributed by atoms with E-state index in [1.54, 1.807) is 6.20 Å². The van der Waals surface area contributed by atoms with Crippen LogP contribution in [0.4, 0.5) is 0 Å². The van der Waals surface area contributed by atoms with Crippen LogP contribution in [-0.2, 0) is 4.74 Å². The van der Waals surface area contributed by atoms with Gasteiger partial charge in [-0.05, 0) is 12.1 Å². The Morgan fingerprint density at radius 3 is 2.82 bits per heavy atom. The smallest absolute Gasteiger partial charge is 0.145 e. The number of fused-ring (bicyclic) bond motifs is 1. The van der Waals surface area contributed by atoms with E-state index in [1.807, 2.05) is 30.3 Å². The summed E-state index contributed by atoms with van der Waals surface area (Å²) in [5, 5.41) is 1.08. The first-order valence-corrected chi connectivity index (χ1v) is 6.20. The zero-order valence-electron chi connectivity index (χ0n) is 9.50. The molecule has 90 valence electrons. The van der Waals surface area contributed by atoms with Crippen LogP contribution in [0.25, 0.3) is 10.9 Å². The van der Waals surface area contributed by atoms with Gasteiger partial charge < -0.3 is 9.47 Å². The molecule has 0 bridgehead atoms. The second kappa shape index (κ2) is 6.47. The minimum atomic E-state index is 0.531. The van der Waals surface area contributed by atoms with Gasteiger partial charge in [0.1, 0.15) is 17.9 Å². The molecule has 1 aromatic heterocycles. The Labute approximate surface area is 106 Å². The van der Waals surface area contributed by atoms with Crippen molar-refractivity contribution < 1.29 is 9.47 Å². The largest absolute Gasteiger partial charge is 0.489 e. The summed E-state index contributed by atoms with van der Waals surface area (Å²) in [7, 11) is 0. The molecule has 2 aromatic rings. The molecule has 4 heteroatoms. The van der Waals surface area contributed by atoms with Gasteiger partial charge in [0, 0.05) is 17.3 Å². The van der Waals surface area contributed by atoms with Gasteiger partial charge in [0.2, 0.25) is 0 Å². The van der Waals surface area contributed by atoms with Crippen molar-refractivity contribution in [3.05, 3.63) is 36.5 Å². The number of nitrogens with zero attached hydrogens (tertiary/aromatic N) is 1. The Balaban J connectivity index is 1.98. The highest BCUT2D eigenvalue weighted by Gasteiger charge is 2.01. The van der Waals surface area contributed by atoms with Crippen LogP contribution < -0.4 is 4.74 Å². The van der Waals surface area contributed by atoms with Gasteiger partial charge in [-0.15, -0.1) is 0 Å². The normalized spacial score (nSPS) is 10.6. The van der Waals surface area contributed by atoms with Crippen molar-refractivity contribution in [3.8, 4) is 5.75 Å². The van der Waals surface area contributed by atoms with E-state index < -0.39 is 0 Å². The molecule has 0 aliphatic carbocycles. The highest BCUT2D eigenvalue weighted by molar-refractivity contribution is 7.80. The molecule has 3 nitrogen and oxygen atoms in total. The number of para-hydroxylation sites is 1. The molecule has 1 heterocycles. The van der Waals surface area contributed by atoms with Crippen molar-refractivity contribution in [1.29, 1.82) is 0 Å². The fourth-order valence-electron chi connectivity index (χ4n) is 1.57. The highest BCUT2D eigenvalue weighted by Crippen LogP contribution is 2.22. The number of hydrogen-bond acceptors (Lipinski definition) is 4. The number of benzene rings is 1. The van der Waals surface area contributed by atoms with E-state index in [4.69, 9.17) is 9.47 Å². The number of rotatable bonds is 6. The standard InChI is InChI=1S/C13H15NO2S/c17-10-9-15-7-8-16-12-5-1-3-11-4-2-6-14-13(11)12/h1-6,17H,7-10H2. The van der Waals surface area contributed by atoms with Gasteiger partial charge >= 0.3 is 0 Å². The molecule has 0 fully saturated rings. The van der Waals surface area contributed by atoms with Gasteiger partial charge in [-0.1, -0.05) is 18.2 Å². The summed E-state index contributed by atoms with van der Waals surface area (Å²) in [4.78, 5) is 4.32. The molecular weight excluding hydrogens is 234 g/mol. The van der Waals surface area contributed by atoms with Crippen LogP contribution in [0.3, 0.4) is 0 Å². The Bertz CT molecular complexity index is 470. The van der Waals surface area contributed by atoms with Crippen LogP contribution in [-0.4, -0.2) is 30.6 Å². The first-order valence-electron chi connectivity index (χ1n) is 5.57. The van der Waals surface area contributed by atoms with Crippen LogP contribution in [0.5, 0.6) is 5.75 Å². The lowest BCUT2D eigenvalue weighted by Crippen LogP contribution is -2.08. The van der Waals surface area contributed by atoms with E-state index >= 15 is 0 Å². The highest BCUT2D eigenvalue weighted by atomic mass is 32.1. The zero-order valence-corrected chi connectivity index (χ0v) is 10.4. The third-order valence-corrected chi connectivity index (χ3v) is 2.50. The summed E-state index contributed by atoms with van der Waals surface area (Å²) in [5.74, 6) is 1.54. The molecular formula is C13H15NO2S. The Morgan fingerprint density at radius 2 is 1.94 bits per heavy atom. The molecule has 2 rings (SSSR count). The Hall–Kier alpha value is -1.26. The minimum absolute atomic E-state index is 0.531. The average molecular weight is 249 g/mol. The monoisotopic (exact) mass is 249 g/mol. The van der Waals surface area contributed by atoms with Crippen molar-refractivity contribution in [3.63, 3.8) is 0 Å². The molecule has 17 heavy (non-hydrogen) atoms. The van der Waals surface area contributed by atoms with Crippen molar-refractivity contribution in [2.24, 2.45) is 0 Å². The summed E-state index contributed by atoms with van der Waals surface area (Å²) < 4.78 is 10.9. The van der Waals surface area contributed by atoms with E-state index in [0.717, 1.165) is 22.4 Å². The SMILES string of the molecule is SCCOCCOc1cccc2cccnc12. The summed E-state index contributed by atoms with van der Waals surface area (Å²) in [6, 6.07) is 9.85. The van der Waals surface area contributed by atoms with E-state index in [0.29, 0.717) is 19.8 Å². The van der Waals surface area contributed by atoms with E-state index in [2.05, 4.69) is 17.6 Å². The Kier molecular flexibility index (Phi) is 4.64. The number of hydrogen-bond donors (Lipinski definition) is 1. The molecule has 0 spiro atoms. The first-order chi connectivity index (χ1) is 8.42. The summed E-state index contributed by atoms with van der Waals surface area (Å²) in [5.41, 5.74) is 0.893. The van der Waals surface area contributed by atoms with Crippen LogP contribution in [0, 0.1) is 0 Å². The molecule has 0 aliphatic rings. The molecule has 0 radical (unpaired) electrons. The summed E-state index contributed by atoms with van der Waals surface area (Å²) in [6.45, 7) is 1.76. The van der Waals surface area contributed by atoms with Crippen molar-refractivity contribution in [2.75, 3.05) is 25.6 Å². The molecule has 0 atom stereocenters. The molecule has 0 aliphatic heterocycles. The van der Waals surface area contributed by atoms with E-state index in [9.17, 15) is 0 Å². The van der Waals surface area contributed by atoms with Gasteiger partial charge in [0.25, 0.3) is 0 Å². The van der Waals surface area contributed by atoms with Crippen LogP contribution in [0.2, 0.25) is 0 Å².